The standard InChI is InChI=1S/C15H11F2NO3/c1-18(13-5-3-2-4-10(13)15(20)21)14(19)9-6-7-11(16)12(17)8-9/h2-8H,1H3,(H,20,21). The number of para-hydroxylation sites is 1. The maximum absolute atomic E-state index is 13.2. The molecule has 0 fully saturated rings. The number of hydrogen-bond acceptors (Lipinski definition) is 2. The van der Waals surface area contributed by atoms with Crippen molar-refractivity contribution in [2.24, 2.45) is 0 Å². The number of benzene rings is 2. The highest BCUT2D eigenvalue weighted by Crippen LogP contribution is 2.21. The van der Waals surface area contributed by atoms with Gasteiger partial charge >= 0.3 is 5.97 Å². The van der Waals surface area contributed by atoms with E-state index in [0.717, 1.165) is 23.1 Å². The van der Waals surface area contributed by atoms with Crippen LogP contribution in [0.15, 0.2) is 42.5 Å². The zero-order valence-electron chi connectivity index (χ0n) is 11.0. The van der Waals surface area contributed by atoms with Gasteiger partial charge in [0, 0.05) is 12.6 Å². The molecular weight excluding hydrogens is 280 g/mol. The average molecular weight is 291 g/mol. The Morgan fingerprint density at radius 3 is 2.33 bits per heavy atom. The number of carbonyl (C=O) groups is 2. The summed E-state index contributed by atoms with van der Waals surface area (Å²) in [5.74, 6) is -4.01. The summed E-state index contributed by atoms with van der Waals surface area (Å²) >= 11 is 0. The Morgan fingerprint density at radius 2 is 1.71 bits per heavy atom. The Balaban J connectivity index is 2.40. The summed E-state index contributed by atoms with van der Waals surface area (Å²) in [6.45, 7) is 0. The maximum atomic E-state index is 13.2. The molecule has 6 heteroatoms. The van der Waals surface area contributed by atoms with Crippen LogP contribution in [-0.4, -0.2) is 24.0 Å². The van der Waals surface area contributed by atoms with Crippen LogP contribution < -0.4 is 4.90 Å². The van der Waals surface area contributed by atoms with Gasteiger partial charge in [0.2, 0.25) is 0 Å². The molecule has 0 aromatic heterocycles. The predicted octanol–water partition coefficient (Wildman–Crippen LogP) is 2.94. The van der Waals surface area contributed by atoms with Crippen molar-refractivity contribution in [2.75, 3.05) is 11.9 Å². The third-order valence-corrected chi connectivity index (χ3v) is 2.97. The van der Waals surface area contributed by atoms with Crippen molar-refractivity contribution in [3.05, 3.63) is 65.2 Å². The Labute approximate surface area is 119 Å². The third kappa shape index (κ3) is 2.89. The summed E-state index contributed by atoms with van der Waals surface area (Å²) in [6, 6.07) is 8.69. The van der Waals surface area contributed by atoms with Gasteiger partial charge in [0.1, 0.15) is 0 Å². The van der Waals surface area contributed by atoms with Crippen LogP contribution in [-0.2, 0) is 0 Å². The maximum Gasteiger partial charge on any atom is 0.337 e. The molecule has 108 valence electrons. The second-order valence-electron chi connectivity index (χ2n) is 4.32. The van der Waals surface area contributed by atoms with Gasteiger partial charge in [-0.15, -0.1) is 0 Å². The van der Waals surface area contributed by atoms with Gasteiger partial charge in [0.15, 0.2) is 11.6 Å². The molecular formula is C15H11F2NO3. The molecule has 0 bridgehead atoms. The Kier molecular flexibility index (Phi) is 3.98. The third-order valence-electron chi connectivity index (χ3n) is 2.97. The summed E-state index contributed by atoms with van der Waals surface area (Å²) in [6.07, 6.45) is 0. The van der Waals surface area contributed by atoms with Gasteiger partial charge in [-0.05, 0) is 30.3 Å². The number of hydrogen-bond donors (Lipinski definition) is 1. The molecule has 4 nitrogen and oxygen atoms in total. The summed E-state index contributed by atoms with van der Waals surface area (Å²) < 4.78 is 26.1. The van der Waals surface area contributed by atoms with Gasteiger partial charge in [-0.1, -0.05) is 12.1 Å². The van der Waals surface area contributed by atoms with Crippen molar-refractivity contribution in [3.63, 3.8) is 0 Å². The fourth-order valence-electron chi connectivity index (χ4n) is 1.88. The van der Waals surface area contributed by atoms with Crippen molar-refractivity contribution in [3.8, 4) is 0 Å². The minimum atomic E-state index is -1.18. The fourth-order valence-corrected chi connectivity index (χ4v) is 1.88. The monoisotopic (exact) mass is 291 g/mol. The Morgan fingerprint density at radius 1 is 1.05 bits per heavy atom. The van der Waals surface area contributed by atoms with E-state index in [4.69, 9.17) is 5.11 Å². The van der Waals surface area contributed by atoms with Crippen molar-refractivity contribution >= 4 is 17.6 Å². The Bertz CT molecular complexity index is 716. The van der Waals surface area contributed by atoms with E-state index in [1.54, 1.807) is 6.07 Å². The number of rotatable bonds is 3. The van der Waals surface area contributed by atoms with Gasteiger partial charge in [-0.25, -0.2) is 13.6 Å². The van der Waals surface area contributed by atoms with Crippen LogP contribution in [0.3, 0.4) is 0 Å². The largest absolute Gasteiger partial charge is 0.478 e. The minimum Gasteiger partial charge on any atom is -0.478 e. The van der Waals surface area contributed by atoms with Crippen molar-refractivity contribution in [2.45, 2.75) is 0 Å². The molecule has 2 aromatic rings. The molecule has 0 aliphatic rings. The second kappa shape index (κ2) is 5.70. The van der Waals surface area contributed by atoms with Crippen LogP contribution in [0.5, 0.6) is 0 Å². The molecule has 0 saturated heterocycles. The lowest BCUT2D eigenvalue weighted by Gasteiger charge is -2.19. The zero-order chi connectivity index (χ0) is 15.6. The number of carbonyl (C=O) groups excluding carboxylic acids is 1. The molecule has 0 atom stereocenters. The van der Waals surface area contributed by atoms with Gasteiger partial charge in [0.05, 0.1) is 11.3 Å². The number of aromatic carboxylic acids is 1. The summed E-state index contributed by atoms with van der Waals surface area (Å²) in [5.41, 5.74) is 0.0345. The van der Waals surface area contributed by atoms with Crippen LogP contribution in [0, 0.1) is 11.6 Å². The van der Waals surface area contributed by atoms with E-state index in [-0.39, 0.29) is 16.8 Å². The summed E-state index contributed by atoms with van der Waals surface area (Å²) in [7, 11) is 1.37. The van der Waals surface area contributed by atoms with E-state index in [1.807, 2.05) is 0 Å². The van der Waals surface area contributed by atoms with Gasteiger partial charge in [-0.3, -0.25) is 4.79 Å². The summed E-state index contributed by atoms with van der Waals surface area (Å²) in [4.78, 5) is 24.4. The lowest BCUT2D eigenvalue weighted by atomic mass is 10.1. The van der Waals surface area contributed by atoms with Gasteiger partial charge in [-0.2, -0.15) is 0 Å². The van der Waals surface area contributed by atoms with Crippen molar-refractivity contribution < 1.29 is 23.5 Å². The topological polar surface area (TPSA) is 57.6 Å². The normalized spacial score (nSPS) is 10.2. The van der Waals surface area contributed by atoms with Crippen LogP contribution >= 0.6 is 0 Å². The number of halogens is 2. The highest BCUT2D eigenvalue weighted by molar-refractivity contribution is 6.09. The van der Waals surface area contributed by atoms with Gasteiger partial charge in [0.25, 0.3) is 5.91 Å². The lowest BCUT2D eigenvalue weighted by molar-refractivity contribution is 0.0697. The molecule has 21 heavy (non-hydrogen) atoms. The molecule has 0 saturated carbocycles. The predicted molar refractivity (Wildman–Crippen MR) is 72.5 cm³/mol. The molecule has 1 amide bonds. The highest BCUT2D eigenvalue weighted by Gasteiger charge is 2.20. The molecule has 0 aliphatic carbocycles. The number of nitrogens with zero attached hydrogens (tertiary/aromatic N) is 1. The molecule has 2 rings (SSSR count). The van der Waals surface area contributed by atoms with E-state index < -0.39 is 23.5 Å². The second-order valence-corrected chi connectivity index (χ2v) is 4.32. The zero-order valence-corrected chi connectivity index (χ0v) is 11.0. The van der Waals surface area contributed by atoms with E-state index in [2.05, 4.69) is 0 Å². The quantitative estimate of drug-likeness (QED) is 0.946. The molecule has 0 unspecified atom stereocenters. The van der Waals surface area contributed by atoms with E-state index in [1.165, 1.54) is 25.2 Å². The smallest absolute Gasteiger partial charge is 0.337 e. The van der Waals surface area contributed by atoms with Crippen molar-refractivity contribution in [1.82, 2.24) is 0 Å². The van der Waals surface area contributed by atoms with Crippen LogP contribution in [0.2, 0.25) is 0 Å². The van der Waals surface area contributed by atoms with Crippen LogP contribution in [0.4, 0.5) is 14.5 Å². The first-order chi connectivity index (χ1) is 9.91. The number of amides is 1. The first-order valence-corrected chi connectivity index (χ1v) is 5.97. The average Bonchev–Trinajstić information content (AvgIpc) is 2.48. The first kappa shape index (κ1) is 14.6. The fraction of sp³-hybridized carbons (Fsp3) is 0.0667. The van der Waals surface area contributed by atoms with Crippen molar-refractivity contribution in [1.29, 1.82) is 0 Å². The van der Waals surface area contributed by atoms with E-state index >= 15 is 0 Å². The molecule has 0 aliphatic heterocycles. The SMILES string of the molecule is CN(C(=O)c1ccc(F)c(F)c1)c1ccccc1C(=O)O. The molecule has 2 aromatic carbocycles. The minimum absolute atomic E-state index is 0.0593. The van der Waals surface area contributed by atoms with E-state index in [9.17, 15) is 18.4 Å². The lowest BCUT2D eigenvalue weighted by Crippen LogP contribution is -2.28. The van der Waals surface area contributed by atoms with E-state index in [0.29, 0.717) is 0 Å². The number of anilines is 1. The number of carboxylic acid groups (broad SMARTS) is 1. The summed E-state index contributed by atoms with van der Waals surface area (Å²) in [5, 5.41) is 9.10. The molecule has 1 N–H and O–H groups in total. The Hall–Kier alpha value is -2.76. The highest BCUT2D eigenvalue weighted by atomic mass is 19.2. The molecule has 0 heterocycles. The first-order valence-electron chi connectivity index (χ1n) is 5.97. The number of carboxylic acids is 1. The van der Waals surface area contributed by atoms with Gasteiger partial charge < -0.3 is 10.0 Å². The van der Waals surface area contributed by atoms with Crippen LogP contribution in [0.1, 0.15) is 20.7 Å². The molecule has 0 radical (unpaired) electrons. The molecule has 0 spiro atoms. The van der Waals surface area contributed by atoms with Crippen LogP contribution in [0.25, 0.3) is 0 Å².